The van der Waals surface area contributed by atoms with E-state index in [4.69, 9.17) is 5.11 Å². The van der Waals surface area contributed by atoms with Crippen LogP contribution < -0.4 is 0 Å². The number of hydrogen-bond acceptors (Lipinski definition) is 4. The van der Waals surface area contributed by atoms with Gasteiger partial charge in [0.05, 0.1) is 0 Å². The number of carboxylic acids is 1. The van der Waals surface area contributed by atoms with Crippen molar-refractivity contribution in [2.75, 3.05) is 13.1 Å². The van der Waals surface area contributed by atoms with Crippen LogP contribution >= 0.6 is 11.3 Å². The molecule has 1 fully saturated rings. The molecule has 0 aliphatic carbocycles. The van der Waals surface area contributed by atoms with Crippen molar-refractivity contribution in [3.63, 3.8) is 0 Å². The first-order chi connectivity index (χ1) is 9.11. The van der Waals surface area contributed by atoms with Crippen molar-refractivity contribution in [3.05, 3.63) is 17.5 Å². The molecule has 5 nitrogen and oxygen atoms in total. The molecule has 1 atom stereocenters. The number of sulfonamides is 1. The summed E-state index contributed by atoms with van der Waals surface area (Å²) in [6.07, 6.45) is -5.78. The molecule has 0 spiro atoms. The van der Waals surface area contributed by atoms with Crippen molar-refractivity contribution in [2.45, 2.75) is 16.8 Å². The fourth-order valence-electron chi connectivity index (χ4n) is 2.04. The lowest BCUT2D eigenvalue weighted by atomic mass is 9.86. The molecule has 10 heteroatoms. The van der Waals surface area contributed by atoms with E-state index < -0.39 is 47.1 Å². The highest BCUT2D eigenvalue weighted by atomic mass is 32.2. The molecule has 2 heterocycles. The van der Waals surface area contributed by atoms with E-state index in [1.54, 1.807) is 0 Å². The third-order valence-electron chi connectivity index (χ3n) is 3.28. The quantitative estimate of drug-likeness (QED) is 0.917. The second-order valence-corrected chi connectivity index (χ2v) is 7.52. The van der Waals surface area contributed by atoms with Crippen molar-refractivity contribution in [3.8, 4) is 0 Å². The monoisotopic (exact) mass is 329 g/mol. The topological polar surface area (TPSA) is 74.7 Å². The Morgan fingerprint density at radius 1 is 1.45 bits per heavy atom. The van der Waals surface area contributed by atoms with Gasteiger partial charge in [-0.05, 0) is 17.9 Å². The summed E-state index contributed by atoms with van der Waals surface area (Å²) >= 11 is 0.874. The maximum Gasteiger partial charge on any atom is 0.406 e. The SMILES string of the molecule is O=C(O)C1(C(F)(F)F)CCN(S(=O)(=O)c2cccs2)C1. The molecule has 0 bridgehead atoms. The molecule has 1 aliphatic heterocycles. The summed E-state index contributed by atoms with van der Waals surface area (Å²) in [7, 11) is -4.07. The lowest BCUT2D eigenvalue weighted by Crippen LogP contribution is -2.47. The Labute approximate surface area is 116 Å². The van der Waals surface area contributed by atoms with E-state index in [0.29, 0.717) is 4.31 Å². The average Bonchev–Trinajstić information content (AvgIpc) is 2.99. The van der Waals surface area contributed by atoms with Crippen LogP contribution in [0.1, 0.15) is 6.42 Å². The van der Waals surface area contributed by atoms with E-state index in [2.05, 4.69) is 0 Å². The van der Waals surface area contributed by atoms with Crippen LogP contribution in [-0.2, 0) is 14.8 Å². The highest BCUT2D eigenvalue weighted by Gasteiger charge is 2.65. The third-order valence-corrected chi connectivity index (χ3v) is 6.49. The molecular formula is C10H10F3NO4S2. The average molecular weight is 329 g/mol. The summed E-state index contributed by atoms with van der Waals surface area (Å²) < 4.78 is 63.6. The van der Waals surface area contributed by atoms with Crippen molar-refractivity contribution in [2.24, 2.45) is 5.41 Å². The first-order valence-corrected chi connectivity index (χ1v) is 7.77. The van der Waals surface area contributed by atoms with Gasteiger partial charge in [-0.2, -0.15) is 17.5 Å². The molecule has 1 aliphatic rings. The number of thiophene rings is 1. The van der Waals surface area contributed by atoms with Crippen LogP contribution in [0.4, 0.5) is 13.2 Å². The zero-order chi connectivity index (χ0) is 15.2. The number of nitrogens with zero attached hydrogens (tertiary/aromatic N) is 1. The summed E-state index contributed by atoms with van der Waals surface area (Å²) in [6.45, 7) is -1.56. The zero-order valence-electron chi connectivity index (χ0n) is 9.92. The predicted octanol–water partition coefficient (Wildman–Crippen LogP) is 1.78. The van der Waals surface area contributed by atoms with Gasteiger partial charge in [-0.3, -0.25) is 4.79 Å². The molecule has 1 N–H and O–H groups in total. The van der Waals surface area contributed by atoms with Gasteiger partial charge in [0.2, 0.25) is 0 Å². The second kappa shape index (κ2) is 4.71. The summed E-state index contributed by atoms with van der Waals surface area (Å²) in [5, 5.41) is 10.4. The molecule has 1 aromatic rings. The molecule has 1 saturated heterocycles. The van der Waals surface area contributed by atoms with Gasteiger partial charge in [-0.1, -0.05) is 6.07 Å². The molecule has 112 valence electrons. The Morgan fingerprint density at radius 3 is 2.50 bits per heavy atom. The molecule has 20 heavy (non-hydrogen) atoms. The van der Waals surface area contributed by atoms with Gasteiger partial charge in [0.1, 0.15) is 4.21 Å². The minimum Gasteiger partial charge on any atom is -0.481 e. The first kappa shape index (κ1) is 15.3. The summed E-state index contributed by atoms with van der Waals surface area (Å²) in [4.78, 5) is 11.0. The van der Waals surface area contributed by atoms with E-state index in [-0.39, 0.29) is 4.21 Å². The molecular weight excluding hydrogens is 319 g/mol. The fraction of sp³-hybridized carbons (Fsp3) is 0.500. The Kier molecular flexibility index (Phi) is 3.59. The Balaban J connectivity index is 2.35. The van der Waals surface area contributed by atoms with E-state index in [1.807, 2.05) is 0 Å². The Morgan fingerprint density at radius 2 is 2.10 bits per heavy atom. The maximum atomic E-state index is 13.0. The highest BCUT2D eigenvalue weighted by molar-refractivity contribution is 7.91. The van der Waals surface area contributed by atoms with Gasteiger partial charge in [0, 0.05) is 13.1 Å². The number of aliphatic carboxylic acids is 1. The number of rotatable bonds is 3. The number of carbonyl (C=O) groups is 1. The normalized spacial score (nSPS) is 24.9. The summed E-state index contributed by atoms with van der Waals surface area (Å²) in [6, 6.07) is 2.73. The van der Waals surface area contributed by atoms with Crippen LogP contribution in [-0.4, -0.2) is 43.1 Å². The van der Waals surface area contributed by atoms with Crippen molar-refractivity contribution < 1.29 is 31.5 Å². The van der Waals surface area contributed by atoms with Crippen LogP contribution in [0.3, 0.4) is 0 Å². The maximum absolute atomic E-state index is 13.0. The van der Waals surface area contributed by atoms with Crippen molar-refractivity contribution in [1.29, 1.82) is 0 Å². The number of hydrogen-bond donors (Lipinski definition) is 1. The number of halogens is 3. The minimum atomic E-state index is -5.00. The van der Waals surface area contributed by atoms with Gasteiger partial charge in [0.25, 0.3) is 10.0 Å². The third kappa shape index (κ3) is 2.21. The van der Waals surface area contributed by atoms with Crippen molar-refractivity contribution >= 4 is 27.3 Å². The lowest BCUT2D eigenvalue weighted by molar-refractivity contribution is -0.226. The number of carboxylic acid groups (broad SMARTS) is 1. The molecule has 0 aromatic carbocycles. The molecule has 1 unspecified atom stereocenters. The molecule has 0 saturated carbocycles. The van der Waals surface area contributed by atoms with E-state index in [9.17, 15) is 26.4 Å². The first-order valence-electron chi connectivity index (χ1n) is 5.45. The minimum absolute atomic E-state index is 0.0964. The van der Waals surface area contributed by atoms with Crippen LogP contribution in [0.2, 0.25) is 0 Å². The summed E-state index contributed by atoms with van der Waals surface area (Å²) in [5.74, 6) is -2.05. The van der Waals surface area contributed by atoms with Gasteiger partial charge in [-0.15, -0.1) is 11.3 Å². The molecule has 0 radical (unpaired) electrons. The molecule has 0 amide bonds. The standard InChI is InChI=1S/C10H10F3NO4S2/c11-10(12,13)9(8(15)16)3-4-14(6-9)20(17,18)7-2-1-5-19-7/h1-2,5H,3-4,6H2,(H,15,16). The van der Waals surface area contributed by atoms with Crippen LogP contribution in [0.15, 0.2) is 21.7 Å². The Hall–Kier alpha value is -1.13. The zero-order valence-corrected chi connectivity index (χ0v) is 11.6. The number of alkyl halides is 3. The van der Waals surface area contributed by atoms with Gasteiger partial charge in [0.15, 0.2) is 5.41 Å². The molecule has 2 rings (SSSR count). The predicted molar refractivity (Wildman–Crippen MR) is 63.8 cm³/mol. The summed E-state index contributed by atoms with van der Waals surface area (Å²) in [5.41, 5.74) is -3.03. The largest absolute Gasteiger partial charge is 0.481 e. The van der Waals surface area contributed by atoms with E-state index in [1.165, 1.54) is 17.5 Å². The smallest absolute Gasteiger partial charge is 0.406 e. The van der Waals surface area contributed by atoms with Crippen molar-refractivity contribution in [1.82, 2.24) is 4.31 Å². The van der Waals surface area contributed by atoms with E-state index >= 15 is 0 Å². The highest BCUT2D eigenvalue weighted by Crippen LogP contribution is 2.47. The Bertz CT molecular complexity index is 611. The van der Waals surface area contributed by atoms with Crippen LogP contribution in [0.5, 0.6) is 0 Å². The van der Waals surface area contributed by atoms with Gasteiger partial charge >= 0.3 is 12.1 Å². The van der Waals surface area contributed by atoms with Gasteiger partial charge < -0.3 is 5.11 Å². The fourth-order valence-corrected chi connectivity index (χ4v) is 4.69. The van der Waals surface area contributed by atoms with E-state index in [0.717, 1.165) is 11.3 Å². The lowest BCUT2D eigenvalue weighted by Gasteiger charge is -2.26. The van der Waals surface area contributed by atoms with Crippen LogP contribution in [0.25, 0.3) is 0 Å². The van der Waals surface area contributed by atoms with Gasteiger partial charge in [-0.25, -0.2) is 8.42 Å². The second-order valence-electron chi connectivity index (χ2n) is 4.41. The van der Waals surface area contributed by atoms with Crippen LogP contribution in [0, 0.1) is 5.41 Å². The molecule has 1 aromatic heterocycles.